The maximum Gasteiger partial charge on any atom is 0.321 e. The second kappa shape index (κ2) is 7.49. The van der Waals surface area contributed by atoms with Crippen LogP contribution < -0.4 is 15.8 Å². The van der Waals surface area contributed by atoms with Crippen molar-refractivity contribution in [2.45, 2.75) is 12.8 Å². The number of hydrogen-bond donors (Lipinski definition) is 2. The number of amides is 3. The molecule has 1 heterocycles. The zero-order valence-corrected chi connectivity index (χ0v) is 12.6. The predicted octanol–water partition coefficient (Wildman–Crippen LogP) is 1.57. The molecule has 0 aromatic heterocycles. The molecule has 3 amide bonds. The number of urea groups is 1. The normalized spacial score (nSPS) is 15.8. The Morgan fingerprint density at radius 2 is 2.00 bits per heavy atom. The molecule has 0 radical (unpaired) electrons. The van der Waals surface area contributed by atoms with Crippen molar-refractivity contribution in [1.29, 1.82) is 0 Å². The first-order valence-electron chi connectivity index (χ1n) is 7.26. The van der Waals surface area contributed by atoms with Crippen LogP contribution in [0.25, 0.3) is 6.08 Å². The molecule has 0 spiro atoms. The maximum absolute atomic E-state index is 12.0. The SMILES string of the molecule is COc1ccccc1/C=C/NC(=O)N1CCC(C(N)=O)CC1. The molecule has 2 rings (SSSR count). The molecule has 0 atom stereocenters. The number of likely N-dealkylation sites (tertiary alicyclic amines) is 1. The molecule has 1 aliphatic rings. The second-order valence-electron chi connectivity index (χ2n) is 5.19. The second-order valence-corrected chi connectivity index (χ2v) is 5.19. The Morgan fingerprint density at radius 3 is 2.64 bits per heavy atom. The van der Waals surface area contributed by atoms with Crippen LogP contribution >= 0.6 is 0 Å². The average Bonchev–Trinajstić information content (AvgIpc) is 2.55. The summed E-state index contributed by atoms with van der Waals surface area (Å²) in [4.78, 5) is 24.8. The molecular weight excluding hydrogens is 282 g/mol. The molecule has 6 nitrogen and oxygen atoms in total. The molecular formula is C16H21N3O3. The van der Waals surface area contributed by atoms with Gasteiger partial charge in [-0.15, -0.1) is 0 Å². The number of ether oxygens (including phenoxy) is 1. The Labute approximate surface area is 129 Å². The van der Waals surface area contributed by atoms with Gasteiger partial charge in [0.2, 0.25) is 5.91 Å². The van der Waals surface area contributed by atoms with Gasteiger partial charge in [-0.3, -0.25) is 4.79 Å². The lowest BCUT2D eigenvalue weighted by molar-refractivity contribution is -0.122. The van der Waals surface area contributed by atoms with E-state index in [4.69, 9.17) is 10.5 Å². The number of rotatable bonds is 4. The monoisotopic (exact) mass is 303 g/mol. The minimum atomic E-state index is -0.281. The minimum Gasteiger partial charge on any atom is -0.496 e. The number of nitrogens with two attached hydrogens (primary N) is 1. The molecule has 1 saturated heterocycles. The highest BCUT2D eigenvalue weighted by molar-refractivity contribution is 5.79. The van der Waals surface area contributed by atoms with Crippen LogP contribution in [0.15, 0.2) is 30.5 Å². The van der Waals surface area contributed by atoms with Gasteiger partial charge in [0.1, 0.15) is 5.75 Å². The zero-order valence-electron chi connectivity index (χ0n) is 12.6. The van der Waals surface area contributed by atoms with Gasteiger partial charge in [0, 0.05) is 30.8 Å². The molecule has 3 N–H and O–H groups in total. The standard InChI is InChI=1S/C16H21N3O3/c1-22-14-5-3-2-4-12(14)6-9-18-16(21)19-10-7-13(8-11-19)15(17)20/h2-6,9,13H,7-8,10-11H2,1H3,(H2,17,20)(H,18,21)/b9-6+. The molecule has 0 saturated carbocycles. The first kappa shape index (κ1) is 15.9. The zero-order chi connectivity index (χ0) is 15.9. The van der Waals surface area contributed by atoms with E-state index >= 15 is 0 Å². The van der Waals surface area contributed by atoms with Crippen molar-refractivity contribution in [3.8, 4) is 5.75 Å². The number of benzene rings is 1. The van der Waals surface area contributed by atoms with Crippen molar-refractivity contribution >= 4 is 18.0 Å². The molecule has 1 fully saturated rings. The summed E-state index contributed by atoms with van der Waals surface area (Å²) in [5.41, 5.74) is 6.17. The number of nitrogens with one attached hydrogen (secondary N) is 1. The highest BCUT2D eigenvalue weighted by Crippen LogP contribution is 2.19. The fourth-order valence-electron chi connectivity index (χ4n) is 2.47. The summed E-state index contributed by atoms with van der Waals surface area (Å²) in [5, 5.41) is 2.73. The van der Waals surface area contributed by atoms with Gasteiger partial charge in [-0.05, 0) is 25.0 Å². The topological polar surface area (TPSA) is 84.7 Å². The summed E-state index contributed by atoms with van der Waals surface area (Å²) in [6.07, 6.45) is 4.63. The van der Waals surface area contributed by atoms with Crippen molar-refractivity contribution in [3.05, 3.63) is 36.0 Å². The first-order valence-corrected chi connectivity index (χ1v) is 7.26. The quantitative estimate of drug-likeness (QED) is 0.885. The summed E-state index contributed by atoms with van der Waals surface area (Å²) >= 11 is 0. The molecule has 22 heavy (non-hydrogen) atoms. The number of primary amides is 1. The molecule has 0 unspecified atom stereocenters. The Morgan fingerprint density at radius 1 is 1.32 bits per heavy atom. The fourth-order valence-corrected chi connectivity index (χ4v) is 2.47. The van der Waals surface area contributed by atoms with E-state index in [1.54, 1.807) is 24.3 Å². The number of nitrogens with zero attached hydrogens (tertiary/aromatic N) is 1. The van der Waals surface area contributed by atoms with E-state index in [2.05, 4.69) is 5.32 Å². The summed E-state index contributed by atoms with van der Waals surface area (Å²) in [6.45, 7) is 1.09. The highest BCUT2D eigenvalue weighted by Gasteiger charge is 2.25. The van der Waals surface area contributed by atoms with Crippen LogP contribution in [0.1, 0.15) is 18.4 Å². The van der Waals surface area contributed by atoms with Crippen molar-refractivity contribution in [2.75, 3.05) is 20.2 Å². The van der Waals surface area contributed by atoms with E-state index < -0.39 is 0 Å². The van der Waals surface area contributed by atoms with Gasteiger partial charge in [0.15, 0.2) is 0 Å². The van der Waals surface area contributed by atoms with Crippen LogP contribution in [0.3, 0.4) is 0 Å². The third-order valence-corrected chi connectivity index (χ3v) is 3.79. The molecule has 0 bridgehead atoms. The van der Waals surface area contributed by atoms with Crippen molar-refractivity contribution in [2.24, 2.45) is 11.7 Å². The third-order valence-electron chi connectivity index (χ3n) is 3.79. The van der Waals surface area contributed by atoms with E-state index in [1.165, 1.54) is 0 Å². The molecule has 1 aromatic rings. The predicted molar refractivity (Wildman–Crippen MR) is 84.1 cm³/mol. The van der Waals surface area contributed by atoms with E-state index in [1.807, 2.05) is 24.3 Å². The third kappa shape index (κ3) is 4.00. The van der Waals surface area contributed by atoms with E-state index in [-0.39, 0.29) is 17.9 Å². The van der Waals surface area contributed by atoms with Gasteiger partial charge >= 0.3 is 6.03 Å². The van der Waals surface area contributed by atoms with Crippen LogP contribution in [0, 0.1) is 5.92 Å². The number of para-hydroxylation sites is 1. The van der Waals surface area contributed by atoms with Gasteiger partial charge in [-0.2, -0.15) is 0 Å². The summed E-state index contributed by atoms with van der Waals surface area (Å²) < 4.78 is 5.24. The van der Waals surface area contributed by atoms with Gasteiger partial charge in [-0.25, -0.2) is 4.79 Å². The summed E-state index contributed by atoms with van der Waals surface area (Å²) in [5.74, 6) is 0.347. The van der Waals surface area contributed by atoms with Gasteiger partial charge in [-0.1, -0.05) is 18.2 Å². The van der Waals surface area contributed by atoms with Crippen LogP contribution in [0.4, 0.5) is 4.79 Å². The lowest BCUT2D eigenvalue weighted by Crippen LogP contribution is -2.45. The lowest BCUT2D eigenvalue weighted by Gasteiger charge is -2.30. The number of piperidine rings is 1. The van der Waals surface area contributed by atoms with E-state index in [9.17, 15) is 9.59 Å². The Bertz CT molecular complexity index is 564. The highest BCUT2D eigenvalue weighted by atomic mass is 16.5. The van der Waals surface area contributed by atoms with Crippen LogP contribution in [0.2, 0.25) is 0 Å². The molecule has 6 heteroatoms. The molecule has 0 aliphatic carbocycles. The Balaban J connectivity index is 1.85. The Hall–Kier alpha value is -2.50. The van der Waals surface area contributed by atoms with Gasteiger partial charge < -0.3 is 20.7 Å². The number of hydrogen-bond acceptors (Lipinski definition) is 3. The van der Waals surface area contributed by atoms with Crippen LogP contribution in [-0.2, 0) is 4.79 Å². The van der Waals surface area contributed by atoms with Crippen molar-refractivity contribution in [1.82, 2.24) is 10.2 Å². The minimum absolute atomic E-state index is 0.117. The molecule has 118 valence electrons. The molecule has 1 aromatic carbocycles. The average molecular weight is 303 g/mol. The smallest absolute Gasteiger partial charge is 0.321 e. The lowest BCUT2D eigenvalue weighted by atomic mass is 9.96. The number of methoxy groups -OCH3 is 1. The van der Waals surface area contributed by atoms with Gasteiger partial charge in [0.05, 0.1) is 7.11 Å². The van der Waals surface area contributed by atoms with Crippen LogP contribution in [0.5, 0.6) is 5.75 Å². The largest absolute Gasteiger partial charge is 0.496 e. The summed E-state index contributed by atoms with van der Waals surface area (Å²) in [6, 6.07) is 7.38. The van der Waals surface area contributed by atoms with Crippen molar-refractivity contribution in [3.63, 3.8) is 0 Å². The first-order chi connectivity index (χ1) is 10.6. The number of carbonyl (C=O) groups is 2. The summed E-state index contributed by atoms with van der Waals surface area (Å²) in [7, 11) is 1.61. The van der Waals surface area contributed by atoms with Gasteiger partial charge in [0.25, 0.3) is 0 Å². The number of carbonyl (C=O) groups excluding carboxylic acids is 2. The molecule has 1 aliphatic heterocycles. The fraction of sp³-hybridized carbons (Fsp3) is 0.375. The van der Waals surface area contributed by atoms with Crippen molar-refractivity contribution < 1.29 is 14.3 Å². The van der Waals surface area contributed by atoms with E-state index in [0.29, 0.717) is 25.9 Å². The van der Waals surface area contributed by atoms with Crippen LogP contribution in [-0.4, -0.2) is 37.0 Å². The maximum atomic E-state index is 12.0. The van der Waals surface area contributed by atoms with E-state index in [0.717, 1.165) is 11.3 Å². The Kier molecular flexibility index (Phi) is 5.41.